The Hall–Kier alpha value is -1.42. The van der Waals surface area contributed by atoms with Crippen molar-refractivity contribution in [2.45, 2.75) is 11.4 Å². The van der Waals surface area contributed by atoms with Crippen LogP contribution in [0.4, 0.5) is 0 Å². The van der Waals surface area contributed by atoms with Gasteiger partial charge in [-0.15, -0.1) is 11.8 Å². The zero-order valence-corrected chi connectivity index (χ0v) is 9.02. The van der Waals surface area contributed by atoms with E-state index in [1.165, 1.54) is 0 Å². The van der Waals surface area contributed by atoms with Gasteiger partial charge in [-0.05, 0) is 24.3 Å². The number of phenols is 1. The highest BCUT2D eigenvalue weighted by atomic mass is 32.2. The second-order valence-electron chi connectivity index (χ2n) is 3.11. The van der Waals surface area contributed by atoms with Gasteiger partial charge in [0, 0.05) is 23.0 Å². The Morgan fingerprint density at radius 1 is 1.33 bits per heavy atom. The Balaban J connectivity index is 1.83. The van der Waals surface area contributed by atoms with Gasteiger partial charge in [-0.3, -0.25) is 4.68 Å². The molecule has 15 heavy (non-hydrogen) atoms. The third-order valence-electron chi connectivity index (χ3n) is 1.97. The first-order chi connectivity index (χ1) is 7.34. The lowest BCUT2D eigenvalue weighted by Crippen LogP contribution is -1.99. The van der Waals surface area contributed by atoms with Gasteiger partial charge in [0.2, 0.25) is 0 Å². The third kappa shape index (κ3) is 3.02. The van der Waals surface area contributed by atoms with Crippen LogP contribution in [0.5, 0.6) is 5.75 Å². The number of rotatable bonds is 4. The number of hydrogen-bond donors (Lipinski definition) is 1. The highest BCUT2D eigenvalue weighted by Gasteiger charge is 1.96. The minimum Gasteiger partial charge on any atom is -0.508 e. The van der Waals surface area contributed by atoms with Crippen molar-refractivity contribution in [1.82, 2.24) is 9.78 Å². The first-order valence-electron chi connectivity index (χ1n) is 4.74. The summed E-state index contributed by atoms with van der Waals surface area (Å²) < 4.78 is 1.90. The van der Waals surface area contributed by atoms with Crippen LogP contribution in [-0.2, 0) is 6.54 Å². The van der Waals surface area contributed by atoms with Gasteiger partial charge < -0.3 is 5.11 Å². The second kappa shape index (κ2) is 4.89. The monoisotopic (exact) mass is 220 g/mol. The molecule has 0 aliphatic rings. The van der Waals surface area contributed by atoms with Crippen molar-refractivity contribution in [3.8, 4) is 5.75 Å². The minimum atomic E-state index is 0.319. The van der Waals surface area contributed by atoms with E-state index in [1.807, 2.05) is 29.1 Å². The zero-order chi connectivity index (χ0) is 10.5. The van der Waals surface area contributed by atoms with Crippen LogP contribution >= 0.6 is 11.8 Å². The molecule has 1 heterocycles. The number of thioether (sulfide) groups is 1. The molecule has 2 rings (SSSR count). The van der Waals surface area contributed by atoms with E-state index in [-0.39, 0.29) is 0 Å². The van der Waals surface area contributed by atoms with Crippen molar-refractivity contribution < 1.29 is 5.11 Å². The summed E-state index contributed by atoms with van der Waals surface area (Å²) in [6.45, 7) is 0.882. The number of phenolic OH excluding ortho intramolecular Hbond substituents is 1. The maximum Gasteiger partial charge on any atom is 0.116 e. The molecule has 0 fully saturated rings. The standard InChI is InChI=1S/C11H12N2OS/c14-10-3-1-4-11(9-10)15-8-7-13-6-2-5-12-13/h1-6,9,14H,7-8H2. The molecule has 0 bridgehead atoms. The fourth-order valence-electron chi connectivity index (χ4n) is 1.26. The molecule has 0 saturated carbocycles. The molecule has 0 spiro atoms. The summed E-state index contributed by atoms with van der Waals surface area (Å²) in [5.74, 6) is 1.27. The normalized spacial score (nSPS) is 10.4. The molecule has 4 heteroatoms. The van der Waals surface area contributed by atoms with Crippen LogP contribution in [0.25, 0.3) is 0 Å². The fraction of sp³-hybridized carbons (Fsp3) is 0.182. The zero-order valence-electron chi connectivity index (χ0n) is 8.21. The molecule has 0 aliphatic heterocycles. The Labute approximate surface area is 92.7 Å². The van der Waals surface area contributed by atoms with Crippen molar-refractivity contribution >= 4 is 11.8 Å². The number of nitrogens with zero attached hydrogens (tertiary/aromatic N) is 2. The van der Waals surface area contributed by atoms with E-state index in [0.29, 0.717) is 5.75 Å². The van der Waals surface area contributed by atoms with Gasteiger partial charge in [0.15, 0.2) is 0 Å². The van der Waals surface area contributed by atoms with E-state index >= 15 is 0 Å². The number of benzene rings is 1. The SMILES string of the molecule is Oc1cccc(SCCn2cccn2)c1. The number of hydrogen-bond acceptors (Lipinski definition) is 3. The topological polar surface area (TPSA) is 38.0 Å². The average Bonchev–Trinajstić information content (AvgIpc) is 2.71. The van der Waals surface area contributed by atoms with Gasteiger partial charge in [0.05, 0.1) is 6.54 Å². The second-order valence-corrected chi connectivity index (χ2v) is 4.28. The smallest absolute Gasteiger partial charge is 0.116 e. The van der Waals surface area contributed by atoms with Gasteiger partial charge >= 0.3 is 0 Å². The molecule has 0 amide bonds. The van der Waals surface area contributed by atoms with E-state index in [4.69, 9.17) is 0 Å². The molecule has 1 aromatic heterocycles. The van der Waals surface area contributed by atoms with E-state index in [2.05, 4.69) is 5.10 Å². The predicted molar refractivity (Wildman–Crippen MR) is 61.1 cm³/mol. The lowest BCUT2D eigenvalue weighted by molar-refractivity contribution is 0.474. The molecule has 0 unspecified atom stereocenters. The first-order valence-corrected chi connectivity index (χ1v) is 5.72. The van der Waals surface area contributed by atoms with Gasteiger partial charge in [0.25, 0.3) is 0 Å². The first kappa shape index (κ1) is 10.1. The molecule has 0 aliphatic carbocycles. The van der Waals surface area contributed by atoms with Crippen molar-refractivity contribution in [3.63, 3.8) is 0 Å². The van der Waals surface area contributed by atoms with Crippen LogP contribution < -0.4 is 0 Å². The Bertz CT molecular complexity index is 414. The number of aromatic nitrogens is 2. The lowest BCUT2D eigenvalue weighted by atomic mass is 10.3. The van der Waals surface area contributed by atoms with Crippen molar-refractivity contribution in [2.75, 3.05) is 5.75 Å². The molecule has 78 valence electrons. The molecule has 3 nitrogen and oxygen atoms in total. The molecule has 0 saturated heterocycles. The summed E-state index contributed by atoms with van der Waals surface area (Å²) in [5, 5.41) is 13.4. The van der Waals surface area contributed by atoms with E-state index in [1.54, 1.807) is 30.1 Å². The molecule has 0 radical (unpaired) electrons. The van der Waals surface area contributed by atoms with Crippen LogP contribution in [0.3, 0.4) is 0 Å². The number of aromatic hydroxyl groups is 1. The van der Waals surface area contributed by atoms with Gasteiger partial charge in [-0.1, -0.05) is 6.07 Å². The highest BCUT2D eigenvalue weighted by molar-refractivity contribution is 7.99. The van der Waals surface area contributed by atoms with Gasteiger partial charge in [-0.2, -0.15) is 5.10 Å². The Morgan fingerprint density at radius 3 is 3.00 bits per heavy atom. The molecular weight excluding hydrogens is 208 g/mol. The summed E-state index contributed by atoms with van der Waals surface area (Å²) in [4.78, 5) is 1.09. The van der Waals surface area contributed by atoms with Crippen LogP contribution in [0, 0.1) is 0 Å². The van der Waals surface area contributed by atoms with Crippen LogP contribution in [0.2, 0.25) is 0 Å². The van der Waals surface area contributed by atoms with E-state index in [0.717, 1.165) is 17.2 Å². The Morgan fingerprint density at radius 2 is 2.27 bits per heavy atom. The highest BCUT2D eigenvalue weighted by Crippen LogP contribution is 2.21. The largest absolute Gasteiger partial charge is 0.508 e. The molecule has 2 aromatic rings. The summed E-state index contributed by atoms with van der Waals surface area (Å²) in [7, 11) is 0. The average molecular weight is 220 g/mol. The predicted octanol–water partition coefficient (Wildman–Crippen LogP) is 2.38. The molecule has 1 N–H and O–H groups in total. The van der Waals surface area contributed by atoms with E-state index in [9.17, 15) is 5.11 Å². The fourth-order valence-corrected chi connectivity index (χ4v) is 2.16. The molecule has 1 aromatic carbocycles. The van der Waals surface area contributed by atoms with Gasteiger partial charge in [0.1, 0.15) is 5.75 Å². The number of aryl methyl sites for hydroxylation is 1. The maximum absolute atomic E-state index is 9.27. The quantitative estimate of drug-likeness (QED) is 0.804. The van der Waals surface area contributed by atoms with Gasteiger partial charge in [-0.25, -0.2) is 0 Å². The Kier molecular flexibility index (Phi) is 3.29. The van der Waals surface area contributed by atoms with Crippen molar-refractivity contribution in [1.29, 1.82) is 0 Å². The van der Waals surface area contributed by atoms with Crippen LogP contribution in [0.15, 0.2) is 47.6 Å². The molecule has 0 atom stereocenters. The summed E-state index contributed by atoms with van der Waals surface area (Å²) in [6.07, 6.45) is 3.72. The molecular formula is C11H12N2OS. The lowest BCUT2D eigenvalue weighted by Gasteiger charge is -2.02. The van der Waals surface area contributed by atoms with Crippen LogP contribution in [-0.4, -0.2) is 20.6 Å². The maximum atomic E-state index is 9.27. The van der Waals surface area contributed by atoms with E-state index < -0.39 is 0 Å². The third-order valence-corrected chi connectivity index (χ3v) is 2.94. The van der Waals surface area contributed by atoms with Crippen LogP contribution in [0.1, 0.15) is 0 Å². The minimum absolute atomic E-state index is 0.319. The summed E-state index contributed by atoms with van der Waals surface area (Å²) in [6, 6.07) is 9.21. The van der Waals surface area contributed by atoms with Crippen molar-refractivity contribution in [3.05, 3.63) is 42.7 Å². The summed E-state index contributed by atoms with van der Waals surface area (Å²) in [5.41, 5.74) is 0. The van der Waals surface area contributed by atoms with Crippen molar-refractivity contribution in [2.24, 2.45) is 0 Å². The summed E-state index contributed by atoms with van der Waals surface area (Å²) >= 11 is 1.71.